The minimum atomic E-state index is -0.771. The van der Waals surface area contributed by atoms with Gasteiger partial charge in [0.1, 0.15) is 18.9 Å². The molecule has 0 N–H and O–H groups in total. The summed E-state index contributed by atoms with van der Waals surface area (Å²) in [6.45, 7) is 4.77. The van der Waals surface area contributed by atoms with E-state index in [4.69, 9.17) is 11.6 Å². The van der Waals surface area contributed by atoms with Crippen LogP contribution in [0, 0.1) is 11.7 Å². The third kappa shape index (κ3) is 3.63. The quantitative estimate of drug-likeness (QED) is 0.684. The summed E-state index contributed by atoms with van der Waals surface area (Å²) >= 11 is 6.27. The SMILES string of the molecule is CC1CCN(CC2=[N+](Cc3c(F)cccc3Cl)C3C(=O)N(C)C(=O)N(C)C3=N2)CC1. The second-order valence-corrected chi connectivity index (χ2v) is 8.72. The number of aliphatic imine (C=N–C) groups is 1. The molecule has 0 bridgehead atoms. The maximum atomic E-state index is 14.5. The number of carbonyl (C=O) groups is 2. The van der Waals surface area contributed by atoms with Gasteiger partial charge >= 0.3 is 11.9 Å². The molecule has 1 unspecified atom stereocenters. The van der Waals surface area contributed by atoms with Crippen LogP contribution in [0.3, 0.4) is 0 Å². The fraction of sp³-hybridized carbons (Fsp3) is 0.524. The molecule has 0 aromatic heterocycles. The van der Waals surface area contributed by atoms with E-state index < -0.39 is 17.9 Å². The van der Waals surface area contributed by atoms with Crippen LogP contribution in [0.2, 0.25) is 5.02 Å². The number of hydrogen-bond donors (Lipinski definition) is 0. The summed E-state index contributed by atoms with van der Waals surface area (Å²) in [5.74, 6) is 0.939. The summed E-state index contributed by atoms with van der Waals surface area (Å²) in [6, 6.07) is 3.35. The molecule has 1 aromatic rings. The summed E-state index contributed by atoms with van der Waals surface area (Å²) in [6.07, 6.45) is 2.21. The van der Waals surface area contributed by atoms with Gasteiger partial charge in [0.15, 0.2) is 0 Å². The molecule has 3 amide bonds. The van der Waals surface area contributed by atoms with E-state index in [9.17, 15) is 14.0 Å². The Morgan fingerprint density at radius 3 is 2.57 bits per heavy atom. The number of imide groups is 1. The van der Waals surface area contributed by atoms with Crippen LogP contribution in [0.25, 0.3) is 0 Å². The second kappa shape index (κ2) is 8.07. The van der Waals surface area contributed by atoms with Gasteiger partial charge in [0.05, 0.1) is 5.02 Å². The van der Waals surface area contributed by atoms with Crippen LogP contribution < -0.4 is 0 Å². The summed E-state index contributed by atoms with van der Waals surface area (Å²) in [5, 5.41) is 0.302. The van der Waals surface area contributed by atoms with Crippen molar-refractivity contribution in [3.05, 3.63) is 34.6 Å². The molecule has 0 spiro atoms. The first-order valence-electron chi connectivity index (χ1n) is 10.2. The second-order valence-electron chi connectivity index (χ2n) is 8.31. The zero-order valence-corrected chi connectivity index (χ0v) is 18.2. The molecule has 1 aromatic carbocycles. The number of halogens is 2. The molecular formula is C21H26ClFN5O2+. The number of benzene rings is 1. The Balaban J connectivity index is 1.72. The Bertz CT molecular complexity index is 934. The predicted octanol–water partition coefficient (Wildman–Crippen LogP) is 2.43. The van der Waals surface area contributed by atoms with E-state index in [-0.39, 0.29) is 12.5 Å². The van der Waals surface area contributed by atoms with Crippen molar-refractivity contribution in [3.63, 3.8) is 0 Å². The number of likely N-dealkylation sites (tertiary alicyclic amines) is 1. The van der Waals surface area contributed by atoms with Crippen molar-refractivity contribution in [1.29, 1.82) is 0 Å². The highest BCUT2D eigenvalue weighted by atomic mass is 35.5. The smallest absolute Gasteiger partial charge is 0.292 e. The van der Waals surface area contributed by atoms with Gasteiger partial charge in [-0.3, -0.25) is 19.5 Å². The highest BCUT2D eigenvalue weighted by molar-refractivity contribution is 6.31. The molecule has 1 atom stereocenters. The lowest BCUT2D eigenvalue weighted by Crippen LogP contribution is -2.61. The number of likely N-dealkylation sites (N-methyl/N-ethyl adjacent to an activating group) is 2. The number of urea groups is 1. The van der Waals surface area contributed by atoms with Gasteiger partial charge in [-0.05, 0) is 49.0 Å². The average molecular weight is 435 g/mol. The Hall–Kier alpha value is -2.32. The van der Waals surface area contributed by atoms with Crippen molar-refractivity contribution in [2.24, 2.45) is 10.9 Å². The van der Waals surface area contributed by atoms with Crippen LogP contribution in [0.1, 0.15) is 25.3 Å². The maximum absolute atomic E-state index is 14.5. The fourth-order valence-corrected chi connectivity index (χ4v) is 4.45. The zero-order chi connectivity index (χ0) is 21.6. The van der Waals surface area contributed by atoms with Gasteiger partial charge in [0.2, 0.25) is 0 Å². The number of rotatable bonds is 4. The van der Waals surface area contributed by atoms with Gasteiger partial charge in [0, 0.05) is 19.7 Å². The lowest BCUT2D eigenvalue weighted by atomic mass is 9.99. The van der Waals surface area contributed by atoms with E-state index in [0.717, 1.165) is 30.8 Å². The lowest BCUT2D eigenvalue weighted by molar-refractivity contribution is -0.552. The largest absolute Gasteiger partial charge is 0.333 e. The average Bonchev–Trinajstić information content (AvgIpc) is 3.07. The van der Waals surface area contributed by atoms with Gasteiger partial charge in [-0.25, -0.2) is 13.8 Å². The summed E-state index contributed by atoms with van der Waals surface area (Å²) in [5.41, 5.74) is 0.315. The molecule has 3 heterocycles. The molecular weight excluding hydrogens is 409 g/mol. The minimum Gasteiger partial charge on any atom is -0.292 e. The van der Waals surface area contributed by atoms with Gasteiger partial charge < -0.3 is 0 Å². The Morgan fingerprint density at radius 1 is 1.20 bits per heavy atom. The molecule has 2 fully saturated rings. The van der Waals surface area contributed by atoms with Crippen LogP contribution in [-0.2, 0) is 11.3 Å². The van der Waals surface area contributed by atoms with Crippen molar-refractivity contribution in [2.45, 2.75) is 32.4 Å². The molecule has 0 radical (unpaired) electrons. The van der Waals surface area contributed by atoms with E-state index in [1.807, 2.05) is 0 Å². The molecule has 3 aliphatic heterocycles. The topological polar surface area (TPSA) is 59.2 Å². The highest BCUT2D eigenvalue weighted by Crippen LogP contribution is 2.26. The van der Waals surface area contributed by atoms with E-state index in [2.05, 4.69) is 16.8 Å². The molecule has 4 rings (SSSR count). The summed E-state index contributed by atoms with van der Waals surface area (Å²) < 4.78 is 16.3. The van der Waals surface area contributed by atoms with Crippen molar-refractivity contribution < 1.29 is 18.6 Å². The fourth-order valence-electron chi connectivity index (χ4n) is 4.23. The Labute approximate surface area is 180 Å². The molecule has 30 heavy (non-hydrogen) atoms. The van der Waals surface area contributed by atoms with Crippen molar-refractivity contribution in [1.82, 2.24) is 14.7 Å². The molecule has 0 saturated carbocycles. The van der Waals surface area contributed by atoms with E-state index in [1.54, 1.807) is 23.8 Å². The molecule has 7 nitrogen and oxygen atoms in total. The molecule has 9 heteroatoms. The number of hydrogen-bond acceptors (Lipinski definition) is 4. The van der Waals surface area contributed by atoms with Crippen molar-refractivity contribution in [3.8, 4) is 0 Å². The standard InChI is InChI=1S/C21H26ClFN5O2/c1-13-7-9-27(10-8-13)12-17-24-19-18(20(29)26(3)21(30)25(19)2)28(17)11-14-15(22)5-4-6-16(14)23/h4-6,13,18H,7-12H2,1-3H3/q+1. The van der Waals surface area contributed by atoms with Crippen LogP contribution in [0.4, 0.5) is 9.18 Å². The number of fused-ring (bicyclic) bond motifs is 1. The lowest BCUT2D eigenvalue weighted by Gasteiger charge is -2.31. The maximum Gasteiger partial charge on any atom is 0.333 e. The van der Waals surface area contributed by atoms with Gasteiger partial charge in [0.25, 0.3) is 17.8 Å². The van der Waals surface area contributed by atoms with Gasteiger partial charge in [-0.15, -0.1) is 0 Å². The normalized spacial score (nSPS) is 23.4. The van der Waals surface area contributed by atoms with E-state index >= 15 is 0 Å². The number of amidine groups is 2. The minimum absolute atomic E-state index is 0.102. The van der Waals surface area contributed by atoms with Crippen LogP contribution in [-0.4, -0.2) is 82.7 Å². The van der Waals surface area contributed by atoms with Gasteiger partial charge in [-0.1, -0.05) is 24.6 Å². The molecule has 3 aliphatic rings. The first-order chi connectivity index (χ1) is 14.3. The van der Waals surface area contributed by atoms with Crippen LogP contribution in [0.15, 0.2) is 23.2 Å². The van der Waals surface area contributed by atoms with Crippen LogP contribution >= 0.6 is 11.6 Å². The Kier molecular flexibility index (Phi) is 5.63. The monoisotopic (exact) mass is 434 g/mol. The van der Waals surface area contributed by atoms with Crippen molar-refractivity contribution >= 4 is 35.2 Å². The number of amides is 3. The molecule has 160 valence electrons. The highest BCUT2D eigenvalue weighted by Gasteiger charge is 2.53. The molecule has 0 aliphatic carbocycles. The first kappa shape index (κ1) is 20.9. The number of piperidine rings is 1. The van der Waals surface area contributed by atoms with E-state index in [0.29, 0.717) is 34.7 Å². The summed E-state index contributed by atoms with van der Waals surface area (Å²) in [4.78, 5) is 34.9. The third-order valence-electron chi connectivity index (χ3n) is 6.24. The number of carbonyl (C=O) groups excluding carboxylic acids is 2. The predicted molar refractivity (Wildman–Crippen MR) is 112 cm³/mol. The summed E-state index contributed by atoms with van der Waals surface area (Å²) in [7, 11) is 3.06. The van der Waals surface area contributed by atoms with Gasteiger partial charge in [-0.2, -0.15) is 0 Å². The van der Waals surface area contributed by atoms with Crippen molar-refractivity contribution in [2.75, 3.05) is 33.7 Å². The van der Waals surface area contributed by atoms with Crippen LogP contribution in [0.5, 0.6) is 0 Å². The molecule has 2 saturated heterocycles. The first-order valence-corrected chi connectivity index (χ1v) is 10.6. The third-order valence-corrected chi connectivity index (χ3v) is 6.60. The number of nitrogens with zero attached hydrogens (tertiary/aromatic N) is 5. The van der Waals surface area contributed by atoms with E-state index in [1.165, 1.54) is 18.0 Å². The Morgan fingerprint density at radius 2 is 1.90 bits per heavy atom. The zero-order valence-electron chi connectivity index (χ0n) is 17.4.